The van der Waals surface area contributed by atoms with Crippen LogP contribution in [0, 0.1) is 0 Å². The lowest BCUT2D eigenvalue weighted by molar-refractivity contribution is 0.0921. The molecule has 0 radical (unpaired) electrons. The van der Waals surface area contributed by atoms with Gasteiger partial charge >= 0.3 is 0 Å². The summed E-state index contributed by atoms with van der Waals surface area (Å²) in [6.07, 6.45) is 0.0320. The van der Waals surface area contributed by atoms with E-state index in [0.29, 0.717) is 6.61 Å². The van der Waals surface area contributed by atoms with Crippen LogP contribution in [0.2, 0.25) is 0 Å². The molecule has 0 amide bonds. The predicted molar refractivity (Wildman–Crippen MR) is 75.5 cm³/mol. The second-order valence-electron chi connectivity index (χ2n) is 4.46. The smallest absolute Gasteiger partial charge is 0.119 e. The molecular weight excluding hydrogens is 240 g/mol. The zero-order chi connectivity index (χ0) is 13.7. The van der Waals surface area contributed by atoms with Crippen LogP contribution in [0.4, 0.5) is 0 Å². The summed E-state index contributed by atoms with van der Waals surface area (Å²) < 4.78 is 10.7. The van der Waals surface area contributed by atoms with Crippen molar-refractivity contribution in [3.05, 3.63) is 48.5 Å². The van der Waals surface area contributed by atoms with Crippen LogP contribution in [0.5, 0.6) is 11.5 Å². The summed E-state index contributed by atoms with van der Waals surface area (Å²) in [5.41, 5.74) is 2.15. The van der Waals surface area contributed by atoms with Crippen LogP contribution in [0.25, 0.3) is 11.1 Å². The molecule has 3 nitrogen and oxygen atoms in total. The van der Waals surface area contributed by atoms with Crippen molar-refractivity contribution in [1.82, 2.24) is 0 Å². The molecule has 0 fully saturated rings. The molecule has 2 rings (SSSR count). The summed E-state index contributed by atoms with van der Waals surface area (Å²) in [7, 11) is 1.66. The highest BCUT2D eigenvalue weighted by molar-refractivity contribution is 5.64. The Morgan fingerprint density at radius 3 is 2.00 bits per heavy atom. The normalized spacial score (nSPS) is 12.1. The Labute approximate surface area is 113 Å². The number of rotatable bonds is 5. The minimum Gasteiger partial charge on any atom is -0.508 e. The second-order valence-corrected chi connectivity index (χ2v) is 4.46. The Kier molecular flexibility index (Phi) is 4.42. The Morgan fingerprint density at radius 1 is 0.947 bits per heavy atom. The lowest BCUT2D eigenvalue weighted by Crippen LogP contribution is -2.17. The average Bonchev–Trinajstić information content (AvgIpc) is 2.41. The number of hydrogen-bond acceptors (Lipinski definition) is 3. The summed E-state index contributed by atoms with van der Waals surface area (Å²) in [6.45, 7) is 2.54. The lowest BCUT2D eigenvalue weighted by atomic mass is 10.1. The van der Waals surface area contributed by atoms with Gasteiger partial charge in [-0.05, 0) is 42.3 Å². The first-order valence-corrected chi connectivity index (χ1v) is 6.24. The van der Waals surface area contributed by atoms with Gasteiger partial charge in [0.2, 0.25) is 0 Å². The molecule has 0 spiro atoms. The van der Waals surface area contributed by atoms with E-state index in [2.05, 4.69) is 0 Å². The van der Waals surface area contributed by atoms with E-state index in [9.17, 15) is 5.11 Å². The first-order chi connectivity index (χ1) is 9.19. The van der Waals surface area contributed by atoms with Crippen LogP contribution in [0.15, 0.2) is 48.5 Å². The Balaban J connectivity index is 2.08. The minimum atomic E-state index is 0.0320. The lowest BCUT2D eigenvalue weighted by Gasteiger charge is -2.14. The number of hydrogen-bond donors (Lipinski definition) is 1. The summed E-state index contributed by atoms with van der Waals surface area (Å²) in [5, 5.41) is 9.27. The fraction of sp³-hybridized carbons (Fsp3) is 0.250. The molecule has 0 aliphatic carbocycles. The van der Waals surface area contributed by atoms with Crippen LogP contribution in [0.3, 0.4) is 0 Å². The van der Waals surface area contributed by atoms with Crippen molar-refractivity contribution in [1.29, 1.82) is 0 Å². The molecule has 2 aromatic carbocycles. The van der Waals surface area contributed by atoms with Gasteiger partial charge in [0.1, 0.15) is 17.6 Å². The van der Waals surface area contributed by atoms with Crippen molar-refractivity contribution in [2.45, 2.75) is 13.0 Å². The third-order valence-corrected chi connectivity index (χ3v) is 2.79. The monoisotopic (exact) mass is 258 g/mol. The predicted octanol–water partition coefficient (Wildman–Crippen LogP) is 3.47. The van der Waals surface area contributed by atoms with Crippen LogP contribution in [0.1, 0.15) is 6.92 Å². The van der Waals surface area contributed by atoms with E-state index in [0.717, 1.165) is 16.9 Å². The molecule has 0 saturated heterocycles. The molecule has 0 saturated carbocycles. The molecule has 2 aromatic rings. The highest BCUT2D eigenvalue weighted by Gasteiger charge is 2.04. The van der Waals surface area contributed by atoms with Gasteiger partial charge in [0.05, 0.1) is 6.61 Å². The first kappa shape index (κ1) is 13.4. The fourth-order valence-corrected chi connectivity index (χ4v) is 1.88. The van der Waals surface area contributed by atoms with Gasteiger partial charge in [0.25, 0.3) is 0 Å². The van der Waals surface area contributed by atoms with E-state index in [1.165, 1.54) is 0 Å². The van der Waals surface area contributed by atoms with Crippen molar-refractivity contribution >= 4 is 0 Å². The fourth-order valence-electron chi connectivity index (χ4n) is 1.88. The van der Waals surface area contributed by atoms with Gasteiger partial charge in [-0.3, -0.25) is 0 Å². The maximum atomic E-state index is 9.27. The molecular formula is C16H18O3. The zero-order valence-corrected chi connectivity index (χ0v) is 11.2. The Morgan fingerprint density at radius 2 is 1.47 bits per heavy atom. The van der Waals surface area contributed by atoms with E-state index in [1.807, 2.05) is 43.3 Å². The highest BCUT2D eigenvalue weighted by atomic mass is 16.5. The summed E-state index contributed by atoms with van der Waals surface area (Å²) in [6, 6.07) is 15.0. The maximum Gasteiger partial charge on any atom is 0.119 e. The number of ether oxygens (including phenoxy) is 2. The second kappa shape index (κ2) is 6.25. The van der Waals surface area contributed by atoms with Gasteiger partial charge in [0, 0.05) is 7.11 Å². The highest BCUT2D eigenvalue weighted by Crippen LogP contribution is 2.24. The maximum absolute atomic E-state index is 9.27. The molecule has 1 atom stereocenters. The SMILES string of the molecule is COCC(C)Oc1ccc(-c2ccc(O)cc2)cc1. The summed E-state index contributed by atoms with van der Waals surface area (Å²) in [4.78, 5) is 0. The molecule has 1 N–H and O–H groups in total. The number of phenolic OH excluding ortho intramolecular Hbond substituents is 1. The van der Waals surface area contributed by atoms with Crippen molar-refractivity contribution in [2.75, 3.05) is 13.7 Å². The zero-order valence-electron chi connectivity index (χ0n) is 11.2. The Hall–Kier alpha value is -2.00. The third kappa shape index (κ3) is 3.73. The first-order valence-electron chi connectivity index (χ1n) is 6.24. The number of aromatic hydroxyl groups is 1. The molecule has 1 unspecified atom stereocenters. The quantitative estimate of drug-likeness (QED) is 0.892. The molecule has 0 heterocycles. The van der Waals surface area contributed by atoms with Gasteiger partial charge in [-0.15, -0.1) is 0 Å². The number of phenols is 1. The van der Waals surface area contributed by atoms with E-state index in [4.69, 9.17) is 9.47 Å². The van der Waals surface area contributed by atoms with Crippen LogP contribution < -0.4 is 4.74 Å². The number of methoxy groups -OCH3 is 1. The van der Waals surface area contributed by atoms with Gasteiger partial charge in [-0.1, -0.05) is 24.3 Å². The van der Waals surface area contributed by atoms with Crippen molar-refractivity contribution in [3.63, 3.8) is 0 Å². The molecule has 0 aliphatic heterocycles. The van der Waals surface area contributed by atoms with Gasteiger partial charge in [-0.25, -0.2) is 0 Å². The topological polar surface area (TPSA) is 38.7 Å². The van der Waals surface area contributed by atoms with Crippen LogP contribution in [-0.4, -0.2) is 24.9 Å². The van der Waals surface area contributed by atoms with E-state index in [1.54, 1.807) is 19.2 Å². The van der Waals surface area contributed by atoms with Gasteiger partial charge < -0.3 is 14.6 Å². The van der Waals surface area contributed by atoms with Crippen molar-refractivity contribution in [3.8, 4) is 22.6 Å². The van der Waals surface area contributed by atoms with Crippen molar-refractivity contribution < 1.29 is 14.6 Å². The van der Waals surface area contributed by atoms with E-state index in [-0.39, 0.29) is 11.9 Å². The van der Waals surface area contributed by atoms with Gasteiger partial charge in [0.15, 0.2) is 0 Å². The summed E-state index contributed by atoms with van der Waals surface area (Å²) in [5.74, 6) is 1.10. The van der Waals surface area contributed by atoms with Gasteiger partial charge in [-0.2, -0.15) is 0 Å². The number of benzene rings is 2. The molecule has 0 bridgehead atoms. The standard InChI is InChI=1S/C16H18O3/c1-12(11-18-2)19-16-9-5-14(6-10-16)13-3-7-15(17)8-4-13/h3-10,12,17H,11H2,1-2H3. The molecule has 100 valence electrons. The molecule has 19 heavy (non-hydrogen) atoms. The minimum absolute atomic E-state index is 0.0320. The van der Waals surface area contributed by atoms with E-state index >= 15 is 0 Å². The van der Waals surface area contributed by atoms with Crippen molar-refractivity contribution in [2.24, 2.45) is 0 Å². The van der Waals surface area contributed by atoms with Crippen LogP contribution in [-0.2, 0) is 4.74 Å². The molecule has 3 heteroatoms. The van der Waals surface area contributed by atoms with Crippen LogP contribution >= 0.6 is 0 Å². The Bertz CT molecular complexity index is 503. The third-order valence-electron chi connectivity index (χ3n) is 2.79. The van der Waals surface area contributed by atoms with E-state index < -0.39 is 0 Å². The molecule has 0 aliphatic rings. The summed E-state index contributed by atoms with van der Waals surface area (Å²) >= 11 is 0. The largest absolute Gasteiger partial charge is 0.508 e. The average molecular weight is 258 g/mol. The molecule has 0 aromatic heterocycles.